The summed E-state index contributed by atoms with van der Waals surface area (Å²) < 4.78 is 1.20. The molecule has 0 amide bonds. The molecule has 108 valence electrons. The molecule has 0 bridgehead atoms. The highest BCUT2D eigenvalue weighted by Crippen LogP contribution is 2.28. The summed E-state index contributed by atoms with van der Waals surface area (Å²) in [6.45, 7) is 7.50. The topological polar surface area (TPSA) is 12.0 Å². The normalized spacial score (nSPS) is 12.9. The monoisotopic (exact) mass is 371 g/mol. The number of thiophene rings is 1. The molecule has 0 saturated carbocycles. The van der Waals surface area contributed by atoms with Gasteiger partial charge in [-0.25, -0.2) is 0 Å². The number of nitrogens with one attached hydrogen (secondary N) is 1. The van der Waals surface area contributed by atoms with Crippen molar-refractivity contribution in [3.63, 3.8) is 0 Å². The van der Waals surface area contributed by atoms with E-state index in [1.165, 1.54) is 19.8 Å². The van der Waals surface area contributed by atoms with Gasteiger partial charge in [-0.2, -0.15) is 0 Å². The van der Waals surface area contributed by atoms with Crippen LogP contribution in [0.3, 0.4) is 0 Å². The number of hydrogen-bond acceptors (Lipinski definition) is 2. The Hall–Kier alpha value is -0.350. The Kier molecular flexibility index (Phi) is 5.67. The Morgan fingerprint density at radius 2 is 1.90 bits per heavy atom. The molecule has 2 aromatic rings. The van der Waals surface area contributed by atoms with E-state index in [0.29, 0.717) is 12.0 Å². The van der Waals surface area contributed by atoms with Gasteiger partial charge in [-0.15, -0.1) is 11.3 Å². The number of hydrogen-bond donors (Lipinski definition) is 1. The van der Waals surface area contributed by atoms with Gasteiger partial charge in [0.2, 0.25) is 0 Å². The van der Waals surface area contributed by atoms with Gasteiger partial charge in [0.25, 0.3) is 0 Å². The zero-order valence-electron chi connectivity index (χ0n) is 11.9. The minimum Gasteiger partial charge on any atom is -0.305 e. The maximum atomic E-state index is 5.97. The Morgan fingerprint density at radius 1 is 1.25 bits per heavy atom. The molecule has 0 radical (unpaired) electrons. The van der Waals surface area contributed by atoms with Gasteiger partial charge in [0.05, 0.1) is 0 Å². The van der Waals surface area contributed by atoms with Gasteiger partial charge in [0.1, 0.15) is 0 Å². The highest BCUT2D eigenvalue weighted by atomic mass is 79.9. The van der Waals surface area contributed by atoms with Gasteiger partial charge >= 0.3 is 0 Å². The van der Waals surface area contributed by atoms with Crippen molar-refractivity contribution >= 4 is 38.9 Å². The van der Waals surface area contributed by atoms with Gasteiger partial charge in [-0.1, -0.05) is 37.6 Å². The molecule has 1 nitrogen and oxygen atoms in total. The molecule has 1 atom stereocenters. The van der Waals surface area contributed by atoms with Crippen LogP contribution in [0.25, 0.3) is 0 Å². The maximum absolute atomic E-state index is 5.97. The second-order valence-electron chi connectivity index (χ2n) is 5.27. The first-order valence-corrected chi connectivity index (χ1v) is 8.69. The van der Waals surface area contributed by atoms with Crippen LogP contribution in [-0.2, 0) is 6.54 Å². The van der Waals surface area contributed by atoms with E-state index in [9.17, 15) is 0 Å². The predicted molar refractivity (Wildman–Crippen MR) is 92.6 cm³/mol. The minimum absolute atomic E-state index is 0.341. The van der Waals surface area contributed by atoms with Gasteiger partial charge in [-0.05, 0) is 52.5 Å². The van der Waals surface area contributed by atoms with Crippen LogP contribution in [-0.4, -0.2) is 0 Å². The first kappa shape index (κ1) is 16.0. The molecule has 2 rings (SSSR count). The van der Waals surface area contributed by atoms with E-state index in [1.807, 2.05) is 23.5 Å². The third-order valence-electron chi connectivity index (χ3n) is 3.30. The summed E-state index contributed by atoms with van der Waals surface area (Å²) >= 11 is 11.4. The quantitative estimate of drug-likeness (QED) is 0.683. The number of aryl methyl sites for hydroxylation is 1. The van der Waals surface area contributed by atoms with E-state index in [2.05, 4.69) is 60.2 Å². The van der Waals surface area contributed by atoms with Crippen molar-refractivity contribution in [2.75, 3.05) is 0 Å². The highest BCUT2D eigenvalue weighted by molar-refractivity contribution is 9.10. The first-order chi connectivity index (χ1) is 9.47. The molecule has 1 aromatic heterocycles. The van der Waals surface area contributed by atoms with Gasteiger partial charge in [0.15, 0.2) is 0 Å². The zero-order valence-corrected chi connectivity index (χ0v) is 15.1. The average molecular weight is 373 g/mol. The summed E-state index contributed by atoms with van der Waals surface area (Å²) in [5, 5.41) is 4.44. The summed E-state index contributed by atoms with van der Waals surface area (Å²) in [4.78, 5) is 2.68. The number of benzene rings is 1. The second kappa shape index (κ2) is 7.08. The van der Waals surface area contributed by atoms with Crippen LogP contribution in [0.1, 0.15) is 35.2 Å². The molecule has 0 saturated heterocycles. The molecule has 0 aliphatic rings. The Morgan fingerprint density at radius 3 is 2.40 bits per heavy atom. The van der Waals surface area contributed by atoms with E-state index in [1.54, 1.807) is 0 Å². The fraction of sp³-hybridized carbons (Fsp3) is 0.375. The predicted octanol–water partition coefficient (Wildman–Crippen LogP) is 5.96. The lowest BCUT2D eigenvalue weighted by Gasteiger charge is -2.22. The first-order valence-electron chi connectivity index (χ1n) is 6.71. The molecular weight excluding hydrogens is 354 g/mol. The summed E-state index contributed by atoms with van der Waals surface area (Å²) in [5.74, 6) is 0.528. The number of halogens is 2. The van der Waals surface area contributed by atoms with Crippen molar-refractivity contribution in [1.82, 2.24) is 5.32 Å². The van der Waals surface area contributed by atoms with Gasteiger partial charge < -0.3 is 5.32 Å². The van der Waals surface area contributed by atoms with Crippen molar-refractivity contribution in [3.8, 4) is 0 Å². The standard InChI is InChI=1S/C16H19BrClNS/c1-10(2)16(12-4-6-13(18)7-5-12)19-9-14-8-15(17)11(3)20-14/h4-8,10,16,19H,9H2,1-3H3. The van der Waals surface area contributed by atoms with Crippen LogP contribution < -0.4 is 5.32 Å². The molecule has 1 aromatic carbocycles. The van der Waals surface area contributed by atoms with Crippen molar-refractivity contribution in [2.24, 2.45) is 5.92 Å². The molecule has 0 aliphatic carbocycles. The van der Waals surface area contributed by atoms with E-state index >= 15 is 0 Å². The third-order valence-corrected chi connectivity index (χ3v) is 5.69. The van der Waals surface area contributed by atoms with Crippen molar-refractivity contribution < 1.29 is 0 Å². The van der Waals surface area contributed by atoms with Crippen molar-refractivity contribution in [1.29, 1.82) is 0 Å². The van der Waals surface area contributed by atoms with Crippen LogP contribution >= 0.6 is 38.9 Å². The molecule has 1 heterocycles. The molecule has 1 unspecified atom stereocenters. The lowest BCUT2D eigenvalue weighted by Crippen LogP contribution is -2.25. The van der Waals surface area contributed by atoms with Crippen LogP contribution in [0.5, 0.6) is 0 Å². The summed E-state index contributed by atoms with van der Waals surface area (Å²) in [5.41, 5.74) is 1.29. The molecule has 0 fully saturated rings. The fourth-order valence-electron chi connectivity index (χ4n) is 2.22. The smallest absolute Gasteiger partial charge is 0.0406 e. The lowest BCUT2D eigenvalue weighted by atomic mass is 9.96. The largest absolute Gasteiger partial charge is 0.305 e. The SMILES string of the molecule is Cc1sc(CNC(c2ccc(Cl)cc2)C(C)C)cc1Br. The van der Waals surface area contributed by atoms with Crippen LogP contribution in [0, 0.1) is 12.8 Å². The van der Waals surface area contributed by atoms with Crippen molar-refractivity contribution in [2.45, 2.75) is 33.4 Å². The van der Waals surface area contributed by atoms with Gasteiger partial charge in [-0.3, -0.25) is 0 Å². The lowest BCUT2D eigenvalue weighted by molar-refractivity contribution is 0.412. The molecule has 20 heavy (non-hydrogen) atoms. The Balaban J connectivity index is 2.08. The minimum atomic E-state index is 0.341. The second-order valence-corrected chi connectivity index (χ2v) is 7.90. The van der Waals surface area contributed by atoms with Crippen LogP contribution in [0.4, 0.5) is 0 Å². The summed E-state index contributed by atoms with van der Waals surface area (Å²) in [6.07, 6.45) is 0. The third kappa shape index (κ3) is 4.08. The summed E-state index contributed by atoms with van der Waals surface area (Å²) in [7, 11) is 0. The number of rotatable bonds is 5. The van der Waals surface area contributed by atoms with Gasteiger partial charge in [0, 0.05) is 31.8 Å². The van der Waals surface area contributed by atoms with E-state index < -0.39 is 0 Å². The van der Waals surface area contributed by atoms with Crippen molar-refractivity contribution in [3.05, 3.63) is 55.1 Å². The molecule has 0 spiro atoms. The Bertz CT molecular complexity index is 543. The van der Waals surface area contributed by atoms with Crippen LogP contribution in [0.15, 0.2) is 34.8 Å². The molecule has 0 aliphatic heterocycles. The molecule has 4 heteroatoms. The van der Waals surface area contributed by atoms with E-state index in [-0.39, 0.29) is 0 Å². The summed E-state index contributed by atoms with van der Waals surface area (Å²) in [6, 6.07) is 10.7. The Labute approximate surface area is 138 Å². The zero-order chi connectivity index (χ0) is 14.7. The molecule has 1 N–H and O–H groups in total. The maximum Gasteiger partial charge on any atom is 0.0406 e. The van der Waals surface area contributed by atoms with E-state index in [0.717, 1.165) is 11.6 Å². The highest BCUT2D eigenvalue weighted by Gasteiger charge is 2.15. The van der Waals surface area contributed by atoms with Crippen LogP contribution in [0.2, 0.25) is 5.02 Å². The fourth-order valence-corrected chi connectivity index (χ4v) is 3.90. The van der Waals surface area contributed by atoms with E-state index in [4.69, 9.17) is 11.6 Å². The average Bonchev–Trinajstić information content (AvgIpc) is 2.71. The molecular formula is C16H19BrClNS.